The van der Waals surface area contributed by atoms with Crippen molar-refractivity contribution >= 4 is 34.9 Å². The summed E-state index contributed by atoms with van der Waals surface area (Å²) in [5.41, 5.74) is 1.25. The topological polar surface area (TPSA) is 46.6 Å². The van der Waals surface area contributed by atoms with Crippen molar-refractivity contribution in [3.05, 3.63) is 59.1 Å². The smallest absolute Gasteiger partial charge is 0.339 e. The van der Waals surface area contributed by atoms with Gasteiger partial charge in [-0.15, -0.1) is 0 Å². The van der Waals surface area contributed by atoms with Gasteiger partial charge in [-0.1, -0.05) is 35.9 Å². The molecule has 0 bridgehead atoms. The quantitative estimate of drug-likeness (QED) is 0.810. The zero-order valence-electron chi connectivity index (χ0n) is 11.7. The Bertz CT molecular complexity index is 685. The van der Waals surface area contributed by atoms with E-state index in [4.69, 9.17) is 16.3 Å². The second-order valence-electron chi connectivity index (χ2n) is 4.31. The zero-order chi connectivity index (χ0) is 15.4. The van der Waals surface area contributed by atoms with Gasteiger partial charge in [0.15, 0.2) is 0 Å². The molecule has 0 aromatic heterocycles. The van der Waals surface area contributed by atoms with Crippen molar-refractivity contribution in [2.24, 2.45) is 0 Å². The van der Waals surface area contributed by atoms with Crippen LogP contribution in [0.2, 0.25) is 5.02 Å². The van der Waals surface area contributed by atoms with Gasteiger partial charge >= 0.3 is 5.97 Å². The van der Waals surface area contributed by atoms with Gasteiger partial charge in [-0.05, 0) is 24.3 Å². The monoisotopic (exact) mass is 303 g/mol. The maximum atomic E-state index is 12.1. The summed E-state index contributed by atoms with van der Waals surface area (Å²) in [6.07, 6.45) is 0. The molecule has 2 aromatic rings. The van der Waals surface area contributed by atoms with Gasteiger partial charge in [-0.3, -0.25) is 9.69 Å². The Morgan fingerprint density at radius 2 is 1.57 bits per heavy atom. The van der Waals surface area contributed by atoms with Crippen LogP contribution in [0.3, 0.4) is 0 Å². The van der Waals surface area contributed by atoms with Gasteiger partial charge in [-0.25, -0.2) is 4.79 Å². The molecule has 2 rings (SSSR count). The molecule has 0 spiro atoms. The number of nitrogens with zero attached hydrogens (tertiary/aromatic N) is 1. The third-order valence-corrected chi connectivity index (χ3v) is 3.28. The van der Waals surface area contributed by atoms with E-state index in [1.54, 1.807) is 48.5 Å². The van der Waals surface area contributed by atoms with E-state index >= 15 is 0 Å². The first-order chi connectivity index (χ1) is 10.1. The number of para-hydroxylation sites is 2. The van der Waals surface area contributed by atoms with Crippen LogP contribution in [0.15, 0.2) is 48.5 Å². The summed E-state index contributed by atoms with van der Waals surface area (Å²) in [6, 6.07) is 13.7. The minimum absolute atomic E-state index is 0.251. The molecule has 0 aliphatic carbocycles. The van der Waals surface area contributed by atoms with Crippen molar-refractivity contribution in [2.75, 3.05) is 12.0 Å². The number of hydrogen-bond acceptors (Lipinski definition) is 3. The number of carbonyl (C=O) groups is 2. The number of halogens is 1. The molecule has 4 nitrogen and oxygen atoms in total. The number of amides is 1. The van der Waals surface area contributed by atoms with E-state index in [-0.39, 0.29) is 5.91 Å². The average Bonchev–Trinajstić information content (AvgIpc) is 2.49. The van der Waals surface area contributed by atoms with Crippen molar-refractivity contribution in [1.82, 2.24) is 0 Å². The molecule has 0 heterocycles. The first-order valence-corrected chi connectivity index (χ1v) is 6.66. The Morgan fingerprint density at radius 1 is 1.00 bits per heavy atom. The summed E-state index contributed by atoms with van der Waals surface area (Å²) in [4.78, 5) is 25.4. The number of benzene rings is 2. The summed E-state index contributed by atoms with van der Waals surface area (Å²) in [5.74, 6) is -0.761. The number of hydrogen-bond donors (Lipinski definition) is 0. The lowest BCUT2D eigenvalue weighted by atomic mass is 10.1. The van der Waals surface area contributed by atoms with E-state index in [2.05, 4.69) is 0 Å². The lowest BCUT2D eigenvalue weighted by molar-refractivity contribution is -0.115. The summed E-state index contributed by atoms with van der Waals surface area (Å²) < 4.78 is 4.76. The van der Waals surface area contributed by atoms with E-state index in [0.29, 0.717) is 22.0 Å². The molecule has 0 saturated heterocycles. The summed E-state index contributed by atoms with van der Waals surface area (Å²) >= 11 is 6.17. The predicted molar refractivity (Wildman–Crippen MR) is 82.1 cm³/mol. The Kier molecular flexibility index (Phi) is 4.60. The van der Waals surface area contributed by atoms with Crippen LogP contribution in [0.5, 0.6) is 0 Å². The largest absolute Gasteiger partial charge is 0.465 e. The lowest BCUT2D eigenvalue weighted by Crippen LogP contribution is -2.25. The number of ether oxygens (including phenoxy) is 1. The molecule has 0 unspecified atom stereocenters. The van der Waals surface area contributed by atoms with Gasteiger partial charge in [-0.2, -0.15) is 0 Å². The van der Waals surface area contributed by atoms with Crippen molar-refractivity contribution in [2.45, 2.75) is 6.92 Å². The highest BCUT2D eigenvalue weighted by Gasteiger charge is 2.22. The van der Waals surface area contributed by atoms with Crippen LogP contribution in [0.1, 0.15) is 17.3 Å². The van der Waals surface area contributed by atoms with E-state index in [1.165, 1.54) is 18.9 Å². The van der Waals surface area contributed by atoms with Crippen LogP contribution in [0, 0.1) is 0 Å². The molecule has 1 amide bonds. The zero-order valence-corrected chi connectivity index (χ0v) is 12.4. The van der Waals surface area contributed by atoms with Crippen molar-refractivity contribution in [3.8, 4) is 0 Å². The fourth-order valence-electron chi connectivity index (χ4n) is 2.05. The molecule has 0 aliphatic rings. The van der Waals surface area contributed by atoms with Gasteiger partial charge in [0, 0.05) is 6.92 Å². The normalized spacial score (nSPS) is 10.0. The molecule has 0 N–H and O–H groups in total. The molecular formula is C16H14ClNO3. The molecule has 0 aliphatic heterocycles. The third kappa shape index (κ3) is 3.06. The lowest BCUT2D eigenvalue weighted by Gasteiger charge is -2.24. The van der Waals surface area contributed by atoms with Crippen LogP contribution in [0.4, 0.5) is 11.4 Å². The molecule has 2 aromatic carbocycles. The Balaban J connectivity index is 2.63. The first kappa shape index (κ1) is 15.1. The van der Waals surface area contributed by atoms with Gasteiger partial charge in [0.25, 0.3) is 0 Å². The van der Waals surface area contributed by atoms with Crippen LogP contribution in [-0.2, 0) is 9.53 Å². The first-order valence-electron chi connectivity index (χ1n) is 6.29. The third-order valence-electron chi connectivity index (χ3n) is 2.96. The number of rotatable bonds is 3. The van der Waals surface area contributed by atoms with Crippen LogP contribution < -0.4 is 4.90 Å². The summed E-state index contributed by atoms with van der Waals surface area (Å²) in [6.45, 7) is 1.41. The number of methoxy groups -OCH3 is 1. The molecule has 108 valence electrons. The maximum Gasteiger partial charge on any atom is 0.339 e. The van der Waals surface area contributed by atoms with Crippen LogP contribution >= 0.6 is 11.6 Å². The summed E-state index contributed by atoms with van der Waals surface area (Å²) in [5, 5.41) is 0.423. The highest BCUT2D eigenvalue weighted by atomic mass is 35.5. The van der Waals surface area contributed by atoms with Gasteiger partial charge in [0.2, 0.25) is 5.91 Å². The van der Waals surface area contributed by atoms with E-state index < -0.39 is 5.97 Å². The van der Waals surface area contributed by atoms with Gasteiger partial charge < -0.3 is 4.74 Å². The molecule has 0 saturated carbocycles. The minimum atomic E-state index is -0.510. The molecule has 0 fully saturated rings. The fraction of sp³-hybridized carbons (Fsp3) is 0.125. The highest BCUT2D eigenvalue weighted by Crippen LogP contribution is 2.34. The van der Waals surface area contributed by atoms with Crippen LogP contribution in [-0.4, -0.2) is 19.0 Å². The van der Waals surface area contributed by atoms with Crippen molar-refractivity contribution < 1.29 is 14.3 Å². The number of carbonyl (C=O) groups excluding carboxylic acids is 2. The minimum Gasteiger partial charge on any atom is -0.465 e. The average molecular weight is 304 g/mol. The van der Waals surface area contributed by atoms with Crippen molar-refractivity contribution in [1.29, 1.82) is 0 Å². The Labute approximate surface area is 127 Å². The molecule has 21 heavy (non-hydrogen) atoms. The fourth-order valence-corrected chi connectivity index (χ4v) is 2.27. The second-order valence-corrected chi connectivity index (χ2v) is 4.72. The highest BCUT2D eigenvalue weighted by molar-refractivity contribution is 6.34. The number of anilines is 2. The Hall–Kier alpha value is -2.33. The van der Waals surface area contributed by atoms with E-state index in [9.17, 15) is 9.59 Å². The Morgan fingerprint density at radius 3 is 2.14 bits per heavy atom. The van der Waals surface area contributed by atoms with Crippen molar-refractivity contribution in [3.63, 3.8) is 0 Å². The molecular weight excluding hydrogens is 290 g/mol. The van der Waals surface area contributed by atoms with Gasteiger partial charge in [0.1, 0.15) is 0 Å². The molecule has 5 heteroatoms. The molecule has 0 radical (unpaired) electrons. The second kappa shape index (κ2) is 6.41. The van der Waals surface area contributed by atoms with E-state index in [0.717, 1.165) is 0 Å². The SMILES string of the molecule is COC(=O)c1ccccc1N(C(C)=O)c1ccccc1Cl. The van der Waals surface area contributed by atoms with Gasteiger partial charge in [0.05, 0.1) is 29.1 Å². The predicted octanol–water partition coefficient (Wildman–Crippen LogP) is 3.81. The summed E-state index contributed by atoms with van der Waals surface area (Å²) in [7, 11) is 1.30. The van der Waals surface area contributed by atoms with E-state index in [1.807, 2.05) is 0 Å². The standard InChI is InChI=1S/C16H14ClNO3/c1-11(19)18(15-10-6-4-8-13(15)17)14-9-5-3-7-12(14)16(20)21-2/h3-10H,1-2H3. The number of esters is 1. The molecule has 0 atom stereocenters. The van der Waals surface area contributed by atoms with Crippen LogP contribution in [0.25, 0.3) is 0 Å². The maximum absolute atomic E-state index is 12.1.